The van der Waals surface area contributed by atoms with Crippen molar-refractivity contribution in [3.63, 3.8) is 0 Å². The summed E-state index contributed by atoms with van der Waals surface area (Å²) in [6.07, 6.45) is 1.81. The maximum Gasteiger partial charge on any atom is 0.170 e. The van der Waals surface area contributed by atoms with Crippen molar-refractivity contribution in [2.45, 2.75) is 12.8 Å². The van der Waals surface area contributed by atoms with Crippen molar-refractivity contribution >= 4 is 35.5 Å². The van der Waals surface area contributed by atoms with Crippen LogP contribution in [0, 0.1) is 5.92 Å². The zero-order chi connectivity index (χ0) is 11.5. The highest BCUT2D eigenvalue weighted by Crippen LogP contribution is 2.24. The molecule has 1 saturated heterocycles. The van der Waals surface area contributed by atoms with Crippen molar-refractivity contribution in [2.24, 2.45) is 5.92 Å². The van der Waals surface area contributed by atoms with Crippen molar-refractivity contribution in [1.82, 2.24) is 0 Å². The van der Waals surface area contributed by atoms with Crippen molar-refractivity contribution in [3.05, 3.63) is 28.8 Å². The summed E-state index contributed by atoms with van der Waals surface area (Å²) < 4.78 is 5.30. The molecule has 0 aromatic heterocycles. The predicted octanol–water partition coefficient (Wildman–Crippen LogP) is 2.95. The maximum absolute atomic E-state index is 12.1. The van der Waals surface area contributed by atoms with Gasteiger partial charge in [0.1, 0.15) is 0 Å². The summed E-state index contributed by atoms with van der Waals surface area (Å²) in [5.41, 5.74) is 6.79. The first-order chi connectivity index (χ1) is 7.68. The number of carbonyl (C=O) groups is 1. The van der Waals surface area contributed by atoms with Gasteiger partial charge in [-0.05, 0) is 31.0 Å². The van der Waals surface area contributed by atoms with E-state index in [1.54, 1.807) is 18.2 Å². The van der Waals surface area contributed by atoms with Crippen molar-refractivity contribution in [2.75, 3.05) is 18.9 Å². The number of ketones is 1. The van der Waals surface area contributed by atoms with Crippen molar-refractivity contribution in [3.8, 4) is 0 Å². The number of hydrogen-bond acceptors (Lipinski definition) is 3. The molecule has 0 saturated carbocycles. The van der Waals surface area contributed by atoms with Gasteiger partial charge in [0.2, 0.25) is 0 Å². The lowest BCUT2D eigenvalue weighted by molar-refractivity contribution is 0.0462. The largest absolute Gasteiger partial charge is 0.398 e. The van der Waals surface area contributed by atoms with Gasteiger partial charge in [0.15, 0.2) is 5.78 Å². The first-order valence-electron chi connectivity index (χ1n) is 5.35. The Hall–Kier alpha value is -0.770. The van der Waals surface area contributed by atoms with Crippen LogP contribution in [0.15, 0.2) is 18.2 Å². The Morgan fingerprint density at radius 2 is 2.24 bits per heavy atom. The number of hydrogen-bond donors (Lipinski definition) is 1. The van der Waals surface area contributed by atoms with Gasteiger partial charge in [-0.2, -0.15) is 0 Å². The minimum Gasteiger partial charge on any atom is -0.398 e. The smallest absolute Gasteiger partial charge is 0.170 e. The first kappa shape index (κ1) is 14.3. The Bertz CT molecular complexity index is 403. The van der Waals surface area contributed by atoms with Crippen molar-refractivity contribution < 1.29 is 9.53 Å². The molecule has 1 unspecified atom stereocenters. The summed E-state index contributed by atoms with van der Waals surface area (Å²) in [4.78, 5) is 12.1. The molecule has 2 N–H and O–H groups in total. The molecule has 94 valence electrons. The molecular weight excluding hydrogens is 261 g/mol. The van der Waals surface area contributed by atoms with E-state index in [0.29, 0.717) is 22.9 Å². The van der Waals surface area contributed by atoms with E-state index in [0.717, 1.165) is 19.4 Å². The third-order valence-corrected chi connectivity index (χ3v) is 3.05. The van der Waals surface area contributed by atoms with E-state index < -0.39 is 0 Å². The lowest BCUT2D eigenvalue weighted by atomic mass is 9.92. The molecule has 1 heterocycles. The molecule has 2 rings (SSSR count). The Balaban J connectivity index is 0.00000144. The van der Waals surface area contributed by atoms with E-state index in [4.69, 9.17) is 22.1 Å². The lowest BCUT2D eigenvalue weighted by Crippen LogP contribution is -2.25. The molecule has 5 heteroatoms. The van der Waals surface area contributed by atoms with Gasteiger partial charge in [0.25, 0.3) is 0 Å². The van der Waals surface area contributed by atoms with E-state index in [9.17, 15) is 4.79 Å². The normalized spacial score (nSPS) is 19.5. The van der Waals surface area contributed by atoms with Crippen LogP contribution in [0.1, 0.15) is 23.2 Å². The SMILES string of the molecule is Cl.Nc1cc(Cl)ccc1C(=O)C1CCCOC1. The quantitative estimate of drug-likeness (QED) is 0.667. The number of nitrogen functional groups attached to an aromatic ring is 1. The van der Waals surface area contributed by atoms with Crippen LogP contribution in [-0.2, 0) is 4.74 Å². The fraction of sp³-hybridized carbons (Fsp3) is 0.417. The van der Waals surface area contributed by atoms with Crippen LogP contribution < -0.4 is 5.73 Å². The van der Waals surface area contributed by atoms with E-state index in [2.05, 4.69) is 0 Å². The first-order valence-corrected chi connectivity index (χ1v) is 5.73. The summed E-state index contributed by atoms with van der Waals surface area (Å²) in [6, 6.07) is 4.99. The Labute approximate surface area is 112 Å². The van der Waals surface area contributed by atoms with Gasteiger partial charge in [0, 0.05) is 28.8 Å². The monoisotopic (exact) mass is 275 g/mol. The Kier molecular flexibility index (Phi) is 5.25. The van der Waals surface area contributed by atoms with Crippen LogP contribution in [-0.4, -0.2) is 19.0 Å². The van der Waals surface area contributed by atoms with Crippen LogP contribution in [0.4, 0.5) is 5.69 Å². The topological polar surface area (TPSA) is 52.3 Å². The van der Waals surface area contributed by atoms with E-state index in [1.807, 2.05) is 0 Å². The highest BCUT2D eigenvalue weighted by Gasteiger charge is 2.24. The number of carbonyl (C=O) groups excluding carboxylic acids is 1. The lowest BCUT2D eigenvalue weighted by Gasteiger charge is -2.21. The molecule has 1 aliphatic heterocycles. The van der Waals surface area contributed by atoms with Crippen LogP contribution in [0.5, 0.6) is 0 Å². The average Bonchev–Trinajstić information content (AvgIpc) is 2.29. The molecule has 1 aromatic rings. The average molecular weight is 276 g/mol. The number of ether oxygens (including phenoxy) is 1. The number of anilines is 1. The molecule has 1 fully saturated rings. The minimum atomic E-state index is -0.0581. The molecule has 17 heavy (non-hydrogen) atoms. The summed E-state index contributed by atoms with van der Waals surface area (Å²) in [5, 5.41) is 0.550. The summed E-state index contributed by atoms with van der Waals surface area (Å²) in [5.74, 6) is 0.00564. The maximum atomic E-state index is 12.1. The standard InChI is InChI=1S/C12H14ClNO2.ClH/c13-9-3-4-10(11(14)6-9)12(15)8-2-1-5-16-7-8;/h3-4,6,8H,1-2,5,7,14H2;1H. The molecule has 0 spiro atoms. The second kappa shape index (κ2) is 6.24. The molecule has 1 aromatic carbocycles. The highest BCUT2D eigenvalue weighted by molar-refractivity contribution is 6.31. The number of halogens is 2. The van der Waals surface area contributed by atoms with Gasteiger partial charge in [-0.3, -0.25) is 4.79 Å². The summed E-state index contributed by atoms with van der Waals surface area (Å²) in [7, 11) is 0. The third-order valence-electron chi connectivity index (χ3n) is 2.81. The van der Waals surface area contributed by atoms with E-state index >= 15 is 0 Å². The van der Waals surface area contributed by atoms with Crippen LogP contribution in [0.25, 0.3) is 0 Å². The highest BCUT2D eigenvalue weighted by atomic mass is 35.5. The Morgan fingerprint density at radius 3 is 2.82 bits per heavy atom. The van der Waals surface area contributed by atoms with Gasteiger partial charge in [-0.1, -0.05) is 11.6 Å². The third kappa shape index (κ3) is 3.35. The number of nitrogens with two attached hydrogens (primary N) is 1. The molecule has 1 aliphatic rings. The Morgan fingerprint density at radius 1 is 1.47 bits per heavy atom. The molecule has 0 bridgehead atoms. The van der Waals surface area contributed by atoms with Gasteiger partial charge in [-0.25, -0.2) is 0 Å². The minimum absolute atomic E-state index is 0. The fourth-order valence-electron chi connectivity index (χ4n) is 1.93. The number of rotatable bonds is 2. The fourth-order valence-corrected chi connectivity index (χ4v) is 2.11. The molecule has 0 amide bonds. The van der Waals surface area contributed by atoms with Crippen LogP contribution in [0.3, 0.4) is 0 Å². The molecule has 0 radical (unpaired) electrons. The van der Waals surface area contributed by atoms with Crippen molar-refractivity contribution in [1.29, 1.82) is 0 Å². The summed E-state index contributed by atoms with van der Waals surface area (Å²) in [6.45, 7) is 1.25. The van der Waals surface area contributed by atoms with E-state index in [-0.39, 0.29) is 24.1 Å². The van der Waals surface area contributed by atoms with Crippen LogP contribution in [0.2, 0.25) is 5.02 Å². The molecule has 0 aliphatic carbocycles. The van der Waals surface area contributed by atoms with Gasteiger partial charge < -0.3 is 10.5 Å². The van der Waals surface area contributed by atoms with Gasteiger partial charge in [0.05, 0.1) is 6.61 Å². The van der Waals surface area contributed by atoms with Gasteiger partial charge in [-0.15, -0.1) is 12.4 Å². The number of Topliss-reactive ketones (excluding diaryl/α,β-unsaturated/α-hetero) is 1. The predicted molar refractivity (Wildman–Crippen MR) is 71.0 cm³/mol. The second-order valence-corrected chi connectivity index (χ2v) is 4.45. The molecule has 1 atom stereocenters. The summed E-state index contributed by atoms with van der Waals surface area (Å²) >= 11 is 5.79. The second-order valence-electron chi connectivity index (χ2n) is 4.01. The zero-order valence-electron chi connectivity index (χ0n) is 9.32. The van der Waals surface area contributed by atoms with Crippen LogP contribution >= 0.6 is 24.0 Å². The van der Waals surface area contributed by atoms with E-state index in [1.165, 1.54) is 0 Å². The molecule has 3 nitrogen and oxygen atoms in total. The van der Waals surface area contributed by atoms with Gasteiger partial charge >= 0.3 is 0 Å². The number of benzene rings is 1. The molecular formula is C12H15Cl2NO2. The zero-order valence-corrected chi connectivity index (χ0v) is 10.9.